The zero-order chi connectivity index (χ0) is 19.9. The van der Waals surface area contributed by atoms with Gasteiger partial charge in [-0.25, -0.2) is 5.43 Å². The molecule has 0 spiro atoms. The number of nitrogens with one attached hydrogen (secondary N) is 2. The fraction of sp³-hybridized carbons (Fsp3) is 0.250. The average Bonchev–Trinajstić information content (AvgIpc) is 2.61. The second kappa shape index (κ2) is 9.19. The SMILES string of the molecule is CC(C)(C)NC(=O)C(=O)N/N=C\c1ccc(OCc2ccc(Cl)cc2)cc1. The summed E-state index contributed by atoms with van der Waals surface area (Å²) in [5.74, 6) is -0.842. The number of halogens is 1. The molecule has 0 unspecified atom stereocenters. The fourth-order valence-electron chi connectivity index (χ4n) is 2.01. The van der Waals surface area contributed by atoms with Gasteiger partial charge in [0.25, 0.3) is 0 Å². The van der Waals surface area contributed by atoms with Gasteiger partial charge >= 0.3 is 11.8 Å². The molecule has 0 saturated heterocycles. The van der Waals surface area contributed by atoms with Crippen LogP contribution in [-0.4, -0.2) is 23.6 Å². The number of hydrogen-bond donors (Lipinski definition) is 2. The number of amides is 2. The highest BCUT2D eigenvalue weighted by atomic mass is 35.5. The number of hydrazone groups is 1. The molecule has 0 radical (unpaired) electrons. The minimum Gasteiger partial charge on any atom is -0.489 e. The molecule has 0 heterocycles. The quantitative estimate of drug-likeness (QED) is 0.469. The monoisotopic (exact) mass is 387 g/mol. The van der Waals surface area contributed by atoms with E-state index in [-0.39, 0.29) is 0 Å². The molecule has 2 N–H and O–H groups in total. The van der Waals surface area contributed by atoms with Crippen LogP contribution in [0.15, 0.2) is 53.6 Å². The van der Waals surface area contributed by atoms with Crippen molar-refractivity contribution in [1.82, 2.24) is 10.7 Å². The Morgan fingerprint density at radius 3 is 2.26 bits per heavy atom. The maximum Gasteiger partial charge on any atom is 0.329 e. The highest BCUT2D eigenvalue weighted by Crippen LogP contribution is 2.15. The van der Waals surface area contributed by atoms with Crippen LogP contribution in [0.2, 0.25) is 5.02 Å². The van der Waals surface area contributed by atoms with Crippen molar-refractivity contribution in [2.45, 2.75) is 32.9 Å². The second-order valence-electron chi connectivity index (χ2n) is 6.89. The van der Waals surface area contributed by atoms with Gasteiger partial charge in [0.2, 0.25) is 0 Å². The van der Waals surface area contributed by atoms with Gasteiger partial charge in [-0.3, -0.25) is 9.59 Å². The molecule has 0 fully saturated rings. The van der Waals surface area contributed by atoms with Crippen LogP contribution in [0.25, 0.3) is 0 Å². The molecule has 0 aliphatic heterocycles. The first-order chi connectivity index (χ1) is 12.7. The van der Waals surface area contributed by atoms with E-state index in [0.29, 0.717) is 17.4 Å². The number of carbonyl (C=O) groups excluding carboxylic acids is 2. The van der Waals surface area contributed by atoms with Gasteiger partial charge < -0.3 is 10.1 Å². The topological polar surface area (TPSA) is 79.8 Å². The summed E-state index contributed by atoms with van der Waals surface area (Å²) in [7, 11) is 0. The van der Waals surface area contributed by atoms with Crippen molar-refractivity contribution in [1.29, 1.82) is 0 Å². The smallest absolute Gasteiger partial charge is 0.329 e. The van der Waals surface area contributed by atoms with Crippen molar-refractivity contribution in [2.75, 3.05) is 0 Å². The Balaban J connectivity index is 1.82. The highest BCUT2D eigenvalue weighted by Gasteiger charge is 2.19. The van der Waals surface area contributed by atoms with Crippen LogP contribution in [0.3, 0.4) is 0 Å². The zero-order valence-electron chi connectivity index (χ0n) is 15.5. The number of hydrogen-bond acceptors (Lipinski definition) is 4. The predicted molar refractivity (Wildman–Crippen MR) is 106 cm³/mol. The van der Waals surface area contributed by atoms with E-state index in [9.17, 15) is 9.59 Å². The van der Waals surface area contributed by atoms with Gasteiger partial charge in [0, 0.05) is 10.6 Å². The average molecular weight is 388 g/mol. The molecule has 2 aromatic carbocycles. The van der Waals surface area contributed by atoms with E-state index in [1.807, 2.05) is 24.3 Å². The zero-order valence-corrected chi connectivity index (χ0v) is 16.2. The maximum absolute atomic E-state index is 11.6. The maximum atomic E-state index is 11.6. The molecule has 0 bridgehead atoms. The summed E-state index contributed by atoms with van der Waals surface area (Å²) in [5.41, 5.74) is 3.48. The van der Waals surface area contributed by atoms with Gasteiger partial charge in [0.05, 0.1) is 6.21 Å². The first-order valence-electron chi connectivity index (χ1n) is 8.36. The predicted octanol–water partition coefficient (Wildman–Crippen LogP) is 3.28. The van der Waals surface area contributed by atoms with E-state index in [1.165, 1.54) is 6.21 Å². The van der Waals surface area contributed by atoms with Gasteiger partial charge in [-0.2, -0.15) is 5.10 Å². The summed E-state index contributed by atoms with van der Waals surface area (Å²) in [5, 5.41) is 7.03. The first-order valence-corrected chi connectivity index (χ1v) is 8.73. The van der Waals surface area contributed by atoms with Gasteiger partial charge in [0.15, 0.2) is 0 Å². The minimum atomic E-state index is -0.816. The van der Waals surface area contributed by atoms with Crippen LogP contribution in [0.5, 0.6) is 5.75 Å². The van der Waals surface area contributed by atoms with Crippen molar-refractivity contribution in [3.8, 4) is 5.75 Å². The molecule has 2 rings (SSSR count). The Morgan fingerprint density at radius 1 is 1.04 bits per heavy atom. The molecule has 6 nitrogen and oxygen atoms in total. The summed E-state index contributed by atoms with van der Waals surface area (Å²) < 4.78 is 5.70. The van der Waals surface area contributed by atoms with Gasteiger partial charge in [-0.05, 0) is 68.3 Å². The Morgan fingerprint density at radius 2 is 1.67 bits per heavy atom. The second-order valence-corrected chi connectivity index (χ2v) is 7.32. The molecule has 0 aliphatic carbocycles. The summed E-state index contributed by atoms with van der Waals surface area (Å²) in [6, 6.07) is 14.6. The third kappa shape index (κ3) is 7.50. The van der Waals surface area contributed by atoms with Crippen molar-refractivity contribution < 1.29 is 14.3 Å². The van der Waals surface area contributed by atoms with Crippen LogP contribution < -0.4 is 15.5 Å². The van der Waals surface area contributed by atoms with E-state index in [0.717, 1.165) is 11.1 Å². The van der Waals surface area contributed by atoms with Gasteiger partial charge in [-0.15, -0.1) is 0 Å². The lowest BCUT2D eigenvalue weighted by molar-refractivity contribution is -0.140. The lowest BCUT2D eigenvalue weighted by Crippen LogP contribution is -2.47. The number of rotatable bonds is 5. The van der Waals surface area contributed by atoms with Crippen LogP contribution >= 0.6 is 11.6 Å². The van der Waals surface area contributed by atoms with E-state index < -0.39 is 17.4 Å². The van der Waals surface area contributed by atoms with Crippen molar-refractivity contribution in [2.24, 2.45) is 5.10 Å². The van der Waals surface area contributed by atoms with E-state index in [2.05, 4.69) is 15.8 Å². The Bertz CT molecular complexity index is 810. The standard InChI is InChI=1S/C20H22ClN3O3/c1-20(2,3)23-18(25)19(26)24-22-12-14-6-10-17(11-7-14)27-13-15-4-8-16(21)9-5-15/h4-12H,13H2,1-3H3,(H,23,25)(H,24,26)/b22-12-. The van der Waals surface area contributed by atoms with Crippen LogP contribution in [0.1, 0.15) is 31.9 Å². The summed E-state index contributed by atoms with van der Waals surface area (Å²) in [6.45, 7) is 5.80. The van der Waals surface area contributed by atoms with E-state index in [1.54, 1.807) is 45.0 Å². The Labute approximate surface area is 163 Å². The van der Waals surface area contributed by atoms with Crippen LogP contribution in [0.4, 0.5) is 0 Å². The molecular weight excluding hydrogens is 366 g/mol. The number of nitrogens with zero attached hydrogens (tertiary/aromatic N) is 1. The molecule has 2 amide bonds. The molecule has 142 valence electrons. The Kier molecular flexibility index (Phi) is 6.96. The molecule has 27 heavy (non-hydrogen) atoms. The Hall–Kier alpha value is -2.86. The molecule has 0 saturated carbocycles. The molecule has 2 aromatic rings. The van der Waals surface area contributed by atoms with E-state index >= 15 is 0 Å². The molecule has 0 aromatic heterocycles. The third-order valence-corrected chi connectivity index (χ3v) is 3.53. The summed E-state index contributed by atoms with van der Waals surface area (Å²) >= 11 is 5.85. The minimum absolute atomic E-state index is 0.434. The lowest BCUT2D eigenvalue weighted by Gasteiger charge is -2.19. The third-order valence-electron chi connectivity index (χ3n) is 3.27. The molecule has 7 heteroatoms. The van der Waals surface area contributed by atoms with Crippen LogP contribution in [0, 0.1) is 0 Å². The molecular formula is C20H22ClN3O3. The lowest BCUT2D eigenvalue weighted by atomic mass is 10.1. The van der Waals surface area contributed by atoms with Crippen molar-refractivity contribution in [3.63, 3.8) is 0 Å². The van der Waals surface area contributed by atoms with Crippen molar-refractivity contribution >= 4 is 29.6 Å². The normalized spacial score (nSPS) is 11.3. The first kappa shape index (κ1) is 20.5. The van der Waals surface area contributed by atoms with Crippen molar-refractivity contribution in [3.05, 3.63) is 64.7 Å². The van der Waals surface area contributed by atoms with Gasteiger partial charge in [-0.1, -0.05) is 23.7 Å². The van der Waals surface area contributed by atoms with Crippen LogP contribution in [-0.2, 0) is 16.2 Å². The molecule has 0 atom stereocenters. The van der Waals surface area contributed by atoms with Gasteiger partial charge in [0.1, 0.15) is 12.4 Å². The number of carbonyl (C=O) groups is 2. The summed E-state index contributed by atoms with van der Waals surface area (Å²) in [6.07, 6.45) is 1.45. The fourth-order valence-corrected chi connectivity index (χ4v) is 2.14. The largest absolute Gasteiger partial charge is 0.489 e. The number of benzene rings is 2. The van der Waals surface area contributed by atoms with E-state index in [4.69, 9.17) is 16.3 Å². The summed E-state index contributed by atoms with van der Waals surface area (Å²) in [4.78, 5) is 23.3. The highest BCUT2D eigenvalue weighted by molar-refractivity contribution is 6.35. The molecule has 0 aliphatic rings. The number of ether oxygens (including phenoxy) is 1.